The van der Waals surface area contributed by atoms with Crippen molar-refractivity contribution < 1.29 is 8.78 Å². The molecular weight excluding hydrogens is 308 g/mol. The zero-order valence-electron chi connectivity index (χ0n) is 12.0. The number of nitrogens with one attached hydrogen (secondary N) is 1. The summed E-state index contributed by atoms with van der Waals surface area (Å²) in [5.74, 6) is 0.949. The van der Waals surface area contributed by atoms with Crippen LogP contribution >= 0.6 is 0 Å². The van der Waals surface area contributed by atoms with Crippen LogP contribution < -0.4 is 4.90 Å². The highest BCUT2D eigenvalue weighted by atomic mass is 19.3. The number of nitrogens with zero attached hydrogens (tertiary/aromatic N) is 8. The minimum Gasteiger partial charge on any atom is -0.354 e. The molecule has 3 aromatic heterocycles. The average molecular weight is 321 g/mol. The number of aromatic amines is 1. The first-order chi connectivity index (χ1) is 11.2. The largest absolute Gasteiger partial charge is 0.354 e. The van der Waals surface area contributed by atoms with Gasteiger partial charge in [-0.1, -0.05) is 5.21 Å². The van der Waals surface area contributed by atoms with Gasteiger partial charge in [-0.2, -0.15) is 9.73 Å². The van der Waals surface area contributed by atoms with Gasteiger partial charge in [0.15, 0.2) is 11.5 Å². The van der Waals surface area contributed by atoms with Crippen LogP contribution in [0.5, 0.6) is 0 Å². The second-order valence-corrected chi connectivity index (χ2v) is 5.38. The zero-order valence-corrected chi connectivity index (χ0v) is 12.0. The lowest BCUT2D eigenvalue weighted by Gasteiger charge is -2.31. The Morgan fingerprint density at radius 2 is 2.13 bits per heavy atom. The van der Waals surface area contributed by atoms with E-state index >= 15 is 0 Å². The zero-order chi connectivity index (χ0) is 15.8. The molecule has 1 N–H and O–H groups in total. The molecule has 1 aliphatic heterocycles. The molecule has 1 aliphatic rings. The average Bonchev–Trinajstić information content (AvgIpc) is 3.24. The Labute approximate surface area is 128 Å². The fraction of sp³-hybridized carbons (Fsp3) is 0.500. The summed E-state index contributed by atoms with van der Waals surface area (Å²) in [4.78, 5) is 2.03. The minimum absolute atomic E-state index is 0.135. The molecule has 4 rings (SSSR count). The number of alkyl halides is 2. The molecular formula is C12H13F2N9. The lowest BCUT2D eigenvalue weighted by atomic mass is 9.97. The molecule has 0 bridgehead atoms. The van der Waals surface area contributed by atoms with Crippen LogP contribution in [0.2, 0.25) is 0 Å². The second-order valence-electron chi connectivity index (χ2n) is 5.38. The van der Waals surface area contributed by atoms with E-state index in [4.69, 9.17) is 0 Å². The molecule has 0 aliphatic carbocycles. The maximum atomic E-state index is 12.9. The highest BCUT2D eigenvalue weighted by Crippen LogP contribution is 2.27. The Morgan fingerprint density at radius 3 is 2.91 bits per heavy atom. The summed E-state index contributed by atoms with van der Waals surface area (Å²) < 4.78 is 27.0. The highest BCUT2D eigenvalue weighted by Gasteiger charge is 2.26. The number of fused-ring (bicyclic) bond motifs is 1. The Bertz CT molecular complexity index is 800. The maximum Gasteiger partial charge on any atom is 0.299 e. The van der Waals surface area contributed by atoms with Gasteiger partial charge >= 0.3 is 0 Å². The van der Waals surface area contributed by atoms with Crippen molar-refractivity contribution in [2.45, 2.75) is 25.2 Å². The van der Waals surface area contributed by atoms with Crippen molar-refractivity contribution in [2.75, 3.05) is 18.0 Å². The standard InChI is InChI=1S/C12H13F2N9/c13-10(14)12-18-15-8-3-4-9(19-23(8)12)22-5-1-2-7(6-22)11-16-20-21-17-11/h3-4,7,10H,1-2,5-6H2,(H,16,17,20,21)/t7-/m0/s1. The van der Waals surface area contributed by atoms with E-state index in [2.05, 4.69) is 35.9 Å². The third kappa shape index (κ3) is 2.47. The number of halogens is 2. The number of anilines is 1. The molecule has 9 nitrogen and oxygen atoms in total. The van der Waals surface area contributed by atoms with Gasteiger partial charge in [0.2, 0.25) is 5.82 Å². The SMILES string of the molecule is FC(F)c1nnc2ccc(N3CCC[C@H](c4nn[nH]n4)C3)nn12. The first kappa shape index (κ1) is 13.9. The fourth-order valence-electron chi connectivity index (χ4n) is 2.84. The molecule has 0 amide bonds. The molecule has 0 unspecified atom stereocenters. The van der Waals surface area contributed by atoms with Gasteiger partial charge in [0.25, 0.3) is 6.43 Å². The van der Waals surface area contributed by atoms with Crippen LogP contribution in [0.25, 0.3) is 5.65 Å². The fourth-order valence-corrected chi connectivity index (χ4v) is 2.84. The first-order valence-electron chi connectivity index (χ1n) is 7.21. The van der Waals surface area contributed by atoms with Crippen LogP contribution in [-0.4, -0.2) is 53.5 Å². The molecule has 0 spiro atoms. The van der Waals surface area contributed by atoms with Crippen molar-refractivity contribution in [3.8, 4) is 0 Å². The number of hydrogen-bond acceptors (Lipinski definition) is 7. The molecule has 11 heteroatoms. The summed E-state index contributed by atoms with van der Waals surface area (Å²) in [6, 6.07) is 3.40. The van der Waals surface area contributed by atoms with Crippen LogP contribution in [0.4, 0.5) is 14.6 Å². The molecule has 1 fully saturated rings. The third-order valence-electron chi connectivity index (χ3n) is 3.94. The number of hydrogen-bond donors (Lipinski definition) is 1. The number of aromatic nitrogens is 8. The number of H-pyrrole nitrogens is 1. The number of tetrazole rings is 1. The van der Waals surface area contributed by atoms with Gasteiger partial charge in [0.1, 0.15) is 5.82 Å². The maximum absolute atomic E-state index is 12.9. The van der Waals surface area contributed by atoms with Crippen LogP contribution in [-0.2, 0) is 0 Å². The summed E-state index contributed by atoms with van der Waals surface area (Å²) in [5.41, 5.74) is 0.302. The Hall–Kier alpha value is -2.72. The highest BCUT2D eigenvalue weighted by molar-refractivity contribution is 5.46. The molecule has 0 saturated carbocycles. The van der Waals surface area contributed by atoms with Gasteiger partial charge in [-0.15, -0.1) is 25.5 Å². The van der Waals surface area contributed by atoms with E-state index in [1.54, 1.807) is 12.1 Å². The van der Waals surface area contributed by atoms with E-state index in [1.165, 1.54) is 0 Å². The Morgan fingerprint density at radius 1 is 1.22 bits per heavy atom. The van der Waals surface area contributed by atoms with E-state index in [1.807, 2.05) is 4.90 Å². The third-order valence-corrected chi connectivity index (χ3v) is 3.94. The van der Waals surface area contributed by atoms with Crippen LogP contribution in [0.15, 0.2) is 12.1 Å². The molecule has 1 saturated heterocycles. The van der Waals surface area contributed by atoms with Crippen molar-refractivity contribution in [3.05, 3.63) is 23.8 Å². The molecule has 1 atom stereocenters. The van der Waals surface area contributed by atoms with Gasteiger partial charge in [-0.05, 0) is 25.0 Å². The molecule has 23 heavy (non-hydrogen) atoms. The van der Waals surface area contributed by atoms with Crippen molar-refractivity contribution in [1.82, 2.24) is 40.4 Å². The molecule has 3 aromatic rings. The number of piperidine rings is 1. The predicted molar refractivity (Wildman–Crippen MR) is 74.1 cm³/mol. The van der Waals surface area contributed by atoms with Crippen molar-refractivity contribution >= 4 is 11.5 Å². The molecule has 120 valence electrons. The lowest BCUT2D eigenvalue weighted by Crippen LogP contribution is -2.35. The Kier molecular flexibility index (Phi) is 3.32. The summed E-state index contributed by atoms with van der Waals surface area (Å²) in [5, 5.41) is 25.6. The molecule has 0 radical (unpaired) electrons. The quantitative estimate of drug-likeness (QED) is 0.766. The second kappa shape index (κ2) is 5.48. The van der Waals surface area contributed by atoms with Gasteiger partial charge in [-0.3, -0.25) is 0 Å². The topological polar surface area (TPSA) is 101 Å². The Balaban J connectivity index is 1.64. The monoisotopic (exact) mass is 321 g/mol. The van der Waals surface area contributed by atoms with E-state index in [0.717, 1.165) is 23.9 Å². The molecule has 4 heterocycles. The van der Waals surface area contributed by atoms with Gasteiger partial charge in [0.05, 0.1) is 0 Å². The van der Waals surface area contributed by atoms with Crippen LogP contribution in [0.1, 0.15) is 36.8 Å². The van der Waals surface area contributed by atoms with Crippen molar-refractivity contribution in [1.29, 1.82) is 0 Å². The predicted octanol–water partition coefficient (Wildman–Crippen LogP) is 0.959. The smallest absolute Gasteiger partial charge is 0.299 e. The van der Waals surface area contributed by atoms with Crippen molar-refractivity contribution in [2.24, 2.45) is 0 Å². The van der Waals surface area contributed by atoms with Gasteiger partial charge < -0.3 is 4.90 Å². The van der Waals surface area contributed by atoms with Gasteiger partial charge in [0, 0.05) is 19.0 Å². The summed E-state index contributed by atoms with van der Waals surface area (Å²) in [6.45, 7) is 1.45. The normalized spacial score (nSPS) is 18.9. The first-order valence-corrected chi connectivity index (χ1v) is 7.21. The minimum atomic E-state index is -2.72. The van der Waals surface area contributed by atoms with E-state index in [-0.39, 0.29) is 5.92 Å². The van der Waals surface area contributed by atoms with E-state index in [9.17, 15) is 8.78 Å². The van der Waals surface area contributed by atoms with E-state index in [0.29, 0.717) is 23.8 Å². The summed E-state index contributed by atoms with van der Waals surface area (Å²) in [7, 11) is 0. The van der Waals surface area contributed by atoms with Crippen molar-refractivity contribution in [3.63, 3.8) is 0 Å². The van der Waals surface area contributed by atoms with E-state index < -0.39 is 12.2 Å². The van der Waals surface area contributed by atoms with Crippen LogP contribution in [0, 0.1) is 0 Å². The summed E-state index contributed by atoms with van der Waals surface area (Å²) >= 11 is 0. The number of rotatable bonds is 3. The van der Waals surface area contributed by atoms with Crippen LogP contribution in [0.3, 0.4) is 0 Å². The van der Waals surface area contributed by atoms with Gasteiger partial charge in [-0.25, -0.2) is 8.78 Å². The summed E-state index contributed by atoms with van der Waals surface area (Å²) in [6.07, 6.45) is -0.836. The molecule has 0 aromatic carbocycles. The lowest BCUT2D eigenvalue weighted by molar-refractivity contribution is 0.137.